The fraction of sp³-hybridized carbons (Fsp3) is 0.538. The molecule has 0 aromatic heterocycles. The molecular formula is C13H15BrF2. The monoisotopic (exact) mass is 288 g/mol. The molecule has 0 amide bonds. The number of hydrogen-bond donors (Lipinski definition) is 0. The lowest BCUT2D eigenvalue weighted by atomic mass is 9.84. The molecule has 0 heterocycles. The van der Waals surface area contributed by atoms with Crippen molar-refractivity contribution in [2.24, 2.45) is 5.92 Å². The Morgan fingerprint density at radius 3 is 2.38 bits per heavy atom. The highest BCUT2D eigenvalue weighted by Gasteiger charge is 2.25. The van der Waals surface area contributed by atoms with Crippen LogP contribution in [0.15, 0.2) is 18.2 Å². The second-order valence-electron chi connectivity index (χ2n) is 4.46. The summed E-state index contributed by atoms with van der Waals surface area (Å²) in [4.78, 5) is 0.403. The number of hydrogen-bond acceptors (Lipinski definition) is 0. The van der Waals surface area contributed by atoms with E-state index in [0.29, 0.717) is 17.2 Å². The second kappa shape index (κ2) is 5.26. The number of rotatable bonds is 2. The zero-order valence-electron chi connectivity index (χ0n) is 9.06. The van der Waals surface area contributed by atoms with Gasteiger partial charge in [0.15, 0.2) is 0 Å². The average Bonchev–Trinajstić information content (AvgIpc) is 2.26. The van der Waals surface area contributed by atoms with Crippen molar-refractivity contribution in [3.63, 3.8) is 0 Å². The molecule has 0 bridgehead atoms. The van der Waals surface area contributed by atoms with Crippen LogP contribution in [-0.4, -0.2) is 4.83 Å². The molecule has 2 atom stereocenters. The minimum atomic E-state index is -0.412. The molecule has 1 saturated carbocycles. The van der Waals surface area contributed by atoms with Crippen LogP contribution in [0, 0.1) is 17.6 Å². The van der Waals surface area contributed by atoms with E-state index in [4.69, 9.17) is 0 Å². The summed E-state index contributed by atoms with van der Waals surface area (Å²) in [5.74, 6) is -0.462. The van der Waals surface area contributed by atoms with Gasteiger partial charge in [-0.15, -0.1) is 0 Å². The van der Waals surface area contributed by atoms with Crippen molar-refractivity contribution in [2.45, 2.75) is 36.9 Å². The van der Waals surface area contributed by atoms with Gasteiger partial charge in [-0.3, -0.25) is 0 Å². The van der Waals surface area contributed by atoms with E-state index < -0.39 is 11.6 Å². The van der Waals surface area contributed by atoms with Gasteiger partial charge in [-0.25, -0.2) is 8.78 Å². The highest BCUT2D eigenvalue weighted by Crippen LogP contribution is 2.33. The fourth-order valence-electron chi connectivity index (χ4n) is 2.38. The quantitative estimate of drug-likeness (QED) is 0.705. The van der Waals surface area contributed by atoms with Gasteiger partial charge in [0.05, 0.1) is 0 Å². The van der Waals surface area contributed by atoms with Gasteiger partial charge in [0.2, 0.25) is 0 Å². The summed E-state index contributed by atoms with van der Waals surface area (Å²) in [6, 6.07) is 4.09. The first kappa shape index (κ1) is 12.0. The van der Waals surface area contributed by atoms with Gasteiger partial charge in [0, 0.05) is 10.4 Å². The van der Waals surface area contributed by atoms with E-state index in [9.17, 15) is 8.78 Å². The maximum atomic E-state index is 13.5. The molecule has 0 saturated heterocycles. The molecule has 0 N–H and O–H groups in total. The molecule has 2 unspecified atom stereocenters. The topological polar surface area (TPSA) is 0 Å². The number of benzene rings is 1. The Hall–Kier alpha value is -0.440. The molecule has 3 heteroatoms. The summed E-state index contributed by atoms with van der Waals surface area (Å²) in [7, 11) is 0. The summed E-state index contributed by atoms with van der Waals surface area (Å²) < 4.78 is 27.0. The summed E-state index contributed by atoms with van der Waals surface area (Å²) >= 11 is 3.62. The minimum absolute atomic E-state index is 0.249. The Balaban J connectivity index is 2.13. The predicted octanol–water partition coefficient (Wildman–Crippen LogP) is 4.46. The van der Waals surface area contributed by atoms with Crippen molar-refractivity contribution >= 4 is 15.9 Å². The van der Waals surface area contributed by atoms with Gasteiger partial charge in [0.1, 0.15) is 11.6 Å². The van der Waals surface area contributed by atoms with Gasteiger partial charge in [-0.05, 0) is 37.3 Å². The predicted molar refractivity (Wildman–Crippen MR) is 64.7 cm³/mol. The summed E-state index contributed by atoms with van der Waals surface area (Å²) in [5.41, 5.74) is 0.249. The van der Waals surface area contributed by atoms with Crippen LogP contribution in [0.25, 0.3) is 0 Å². The first-order valence-corrected chi connectivity index (χ1v) is 6.67. The maximum absolute atomic E-state index is 13.5. The lowest BCUT2D eigenvalue weighted by Gasteiger charge is -2.27. The van der Waals surface area contributed by atoms with Crippen LogP contribution < -0.4 is 0 Å². The van der Waals surface area contributed by atoms with Gasteiger partial charge >= 0.3 is 0 Å². The lowest BCUT2D eigenvalue weighted by Crippen LogP contribution is -2.22. The third-order valence-corrected chi connectivity index (χ3v) is 4.55. The Morgan fingerprint density at radius 1 is 1.12 bits per heavy atom. The van der Waals surface area contributed by atoms with Crippen molar-refractivity contribution in [3.8, 4) is 0 Å². The van der Waals surface area contributed by atoms with Crippen LogP contribution in [0.1, 0.15) is 31.2 Å². The van der Waals surface area contributed by atoms with E-state index in [1.807, 2.05) is 0 Å². The van der Waals surface area contributed by atoms with Crippen LogP contribution in [0.3, 0.4) is 0 Å². The normalized spacial score (nSPS) is 25.7. The number of halogens is 3. The van der Waals surface area contributed by atoms with E-state index >= 15 is 0 Å². The zero-order chi connectivity index (χ0) is 11.5. The van der Waals surface area contributed by atoms with E-state index in [0.717, 1.165) is 12.8 Å². The molecule has 1 aromatic carbocycles. The van der Waals surface area contributed by atoms with Crippen molar-refractivity contribution in [3.05, 3.63) is 35.4 Å². The van der Waals surface area contributed by atoms with Crippen molar-refractivity contribution < 1.29 is 8.78 Å². The van der Waals surface area contributed by atoms with Crippen LogP contribution in [0.5, 0.6) is 0 Å². The lowest BCUT2D eigenvalue weighted by molar-refractivity contribution is 0.364. The number of alkyl halides is 1. The highest BCUT2D eigenvalue weighted by atomic mass is 79.9. The van der Waals surface area contributed by atoms with Gasteiger partial charge in [-0.1, -0.05) is 34.8 Å². The average molecular weight is 289 g/mol. The Bertz CT molecular complexity index is 345. The molecule has 0 radical (unpaired) electrons. The van der Waals surface area contributed by atoms with E-state index in [-0.39, 0.29) is 5.56 Å². The van der Waals surface area contributed by atoms with E-state index in [2.05, 4.69) is 15.9 Å². The first-order valence-electron chi connectivity index (χ1n) is 5.75. The third-order valence-electron chi connectivity index (χ3n) is 3.34. The second-order valence-corrected chi connectivity index (χ2v) is 5.64. The first-order chi connectivity index (χ1) is 7.68. The summed E-state index contributed by atoms with van der Waals surface area (Å²) in [5, 5.41) is 0. The Morgan fingerprint density at radius 2 is 1.75 bits per heavy atom. The molecule has 1 fully saturated rings. The van der Waals surface area contributed by atoms with Gasteiger partial charge in [0.25, 0.3) is 0 Å². The van der Waals surface area contributed by atoms with Gasteiger partial charge in [-0.2, -0.15) is 0 Å². The highest BCUT2D eigenvalue weighted by molar-refractivity contribution is 9.09. The molecule has 0 aliphatic heterocycles. The van der Waals surface area contributed by atoms with Crippen LogP contribution in [-0.2, 0) is 6.42 Å². The SMILES string of the molecule is Fc1cccc(F)c1CC1CCCCC1Br. The molecule has 16 heavy (non-hydrogen) atoms. The Kier molecular flexibility index (Phi) is 3.95. The summed E-state index contributed by atoms with van der Waals surface area (Å²) in [6.45, 7) is 0. The smallest absolute Gasteiger partial charge is 0.129 e. The van der Waals surface area contributed by atoms with Crippen LogP contribution >= 0.6 is 15.9 Å². The van der Waals surface area contributed by atoms with Crippen LogP contribution in [0.2, 0.25) is 0 Å². The zero-order valence-corrected chi connectivity index (χ0v) is 10.6. The van der Waals surface area contributed by atoms with Crippen molar-refractivity contribution in [2.75, 3.05) is 0 Å². The molecule has 1 aliphatic carbocycles. The molecule has 1 aliphatic rings. The van der Waals surface area contributed by atoms with E-state index in [1.165, 1.54) is 31.0 Å². The molecule has 2 rings (SSSR count). The Labute approximate surface area is 103 Å². The largest absolute Gasteiger partial charge is 0.207 e. The molecule has 0 nitrogen and oxygen atoms in total. The molecule has 0 spiro atoms. The molecule has 88 valence electrons. The van der Waals surface area contributed by atoms with Gasteiger partial charge < -0.3 is 0 Å². The third kappa shape index (κ3) is 2.62. The molecular weight excluding hydrogens is 274 g/mol. The standard InChI is InChI=1S/C13H15BrF2/c14-11-5-2-1-4-9(11)8-10-12(15)6-3-7-13(10)16/h3,6-7,9,11H,1-2,4-5,8H2. The fourth-order valence-corrected chi connectivity index (χ4v) is 3.16. The van der Waals surface area contributed by atoms with E-state index in [1.54, 1.807) is 0 Å². The van der Waals surface area contributed by atoms with Crippen molar-refractivity contribution in [1.29, 1.82) is 0 Å². The maximum Gasteiger partial charge on any atom is 0.129 e. The molecule has 1 aromatic rings. The minimum Gasteiger partial charge on any atom is -0.207 e. The summed E-state index contributed by atoms with van der Waals surface area (Å²) in [6.07, 6.45) is 5.06. The van der Waals surface area contributed by atoms with Crippen LogP contribution in [0.4, 0.5) is 8.78 Å². The van der Waals surface area contributed by atoms with Crippen molar-refractivity contribution in [1.82, 2.24) is 0 Å².